The molecule has 0 spiro atoms. The summed E-state index contributed by atoms with van der Waals surface area (Å²) in [4.78, 5) is 13.5. The highest BCUT2D eigenvalue weighted by Crippen LogP contribution is 2.14. The van der Waals surface area contributed by atoms with Gasteiger partial charge in [0.05, 0.1) is 0 Å². The van der Waals surface area contributed by atoms with Crippen LogP contribution in [0, 0.1) is 5.82 Å². The van der Waals surface area contributed by atoms with E-state index < -0.39 is 0 Å². The molecule has 0 aliphatic carbocycles. The van der Waals surface area contributed by atoms with Crippen LogP contribution in [-0.2, 0) is 4.79 Å². The third-order valence-corrected chi connectivity index (χ3v) is 2.91. The minimum Gasteiger partial charge on any atom is -0.328 e. The SMILES string of the molecule is CCCN1C(=O)/C(=C/c2ccc(F)cc2)NC1=S. The fraction of sp³-hybridized carbons (Fsp3) is 0.231. The lowest BCUT2D eigenvalue weighted by Gasteiger charge is -2.11. The summed E-state index contributed by atoms with van der Waals surface area (Å²) in [6.45, 7) is 2.59. The number of carbonyl (C=O) groups excluding carboxylic acids is 1. The van der Waals surface area contributed by atoms with Gasteiger partial charge in [0.2, 0.25) is 0 Å². The van der Waals surface area contributed by atoms with E-state index in [2.05, 4.69) is 5.32 Å². The van der Waals surface area contributed by atoms with Gasteiger partial charge in [-0.25, -0.2) is 4.39 Å². The van der Waals surface area contributed by atoms with Gasteiger partial charge in [0, 0.05) is 6.54 Å². The second-order valence-corrected chi connectivity index (χ2v) is 4.38. The molecular weight excluding hydrogens is 251 g/mol. The van der Waals surface area contributed by atoms with Gasteiger partial charge < -0.3 is 5.32 Å². The number of thiocarbonyl (C=S) groups is 1. The van der Waals surface area contributed by atoms with Gasteiger partial charge in [0.15, 0.2) is 5.11 Å². The molecule has 94 valence electrons. The maximum atomic E-state index is 12.8. The number of benzene rings is 1. The Morgan fingerprint density at radius 1 is 1.39 bits per heavy atom. The zero-order chi connectivity index (χ0) is 13.1. The smallest absolute Gasteiger partial charge is 0.276 e. The number of amides is 1. The predicted octanol–water partition coefficient (Wildman–Crippen LogP) is 2.29. The van der Waals surface area contributed by atoms with E-state index in [0.29, 0.717) is 17.4 Å². The summed E-state index contributed by atoms with van der Waals surface area (Å²) in [5.74, 6) is -0.433. The first-order chi connectivity index (χ1) is 8.61. The summed E-state index contributed by atoms with van der Waals surface area (Å²) in [6, 6.07) is 5.94. The maximum Gasteiger partial charge on any atom is 0.276 e. The molecular formula is C13H13FN2OS. The highest BCUT2D eigenvalue weighted by Gasteiger charge is 2.29. The van der Waals surface area contributed by atoms with Crippen LogP contribution >= 0.6 is 12.2 Å². The third-order valence-electron chi connectivity index (χ3n) is 2.59. The lowest BCUT2D eigenvalue weighted by atomic mass is 10.2. The molecule has 1 aromatic rings. The second-order valence-electron chi connectivity index (χ2n) is 4.00. The van der Waals surface area contributed by atoms with Crippen LogP contribution in [0.25, 0.3) is 6.08 Å². The monoisotopic (exact) mass is 264 g/mol. The molecule has 1 amide bonds. The number of hydrogen-bond donors (Lipinski definition) is 1. The second kappa shape index (κ2) is 5.27. The molecule has 1 aliphatic heterocycles. The topological polar surface area (TPSA) is 32.3 Å². The molecule has 1 aliphatic rings. The van der Waals surface area contributed by atoms with Gasteiger partial charge in [-0.1, -0.05) is 19.1 Å². The van der Waals surface area contributed by atoms with Crippen molar-refractivity contribution in [2.75, 3.05) is 6.54 Å². The number of rotatable bonds is 3. The minimum atomic E-state index is -0.300. The van der Waals surface area contributed by atoms with E-state index in [-0.39, 0.29) is 11.7 Å². The first-order valence-electron chi connectivity index (χ1n) is 5.72. The fourth-order valence-electron chi connectivity index (χ4n) is 1.72. The van der Waals surface area contributed by atoms with E-state index in [1.807, 2.05) is 6.92 Å². The van der Waals surface area contributed by atoms with Gasteiger partial charge in [-0.3, -0.25) is 9.69 Å². The number of halogens is 1. The van der Waals surface area contributed by atoms with Crippen LogP contribution in [0.4, 0.5) is 4.39 Å². The Morgan fingerprint density at radius 3 is 2.67 bits per heavy atom. The van der Waals surface area contributed by atoms with Crippen molar-refractivity contribution in [2.24, 2.45) is 0 Å². The molecule has 1 aromatic carbocycles. The van der Waals surface area contributed by atoms with Gasteiger partial charge >= 0.3 is 0 Å². The average Bonchev–Trinajstić information content (AvgIpc) is 2.60. The first kappa shape index (κ1) is 12.7. The summed E-state index contributed by atoms with van der Waals surface area (Å²) in [6.07, 6.45) is 2.52. The molecule has 1 saturated heterocycles. The fourth-order valence-corrected chi connectivity index (χ4v) is 2.01. The Balaban J connectivity index is 2.22. The number of nitrogens with one attached hydrogen (secondary N) is 1. The summed E-state index contributed by atoms with van der Waals surface area (Å²) >= 11 is 5.09. The van der Waals surface area contributed by atoms with Crippen LogP contribution in [0.1, 0.15) is 18.9 Å². The van der Waals surface area contributed by atoms with Gasteiger partial charge in [-0.15, -0.1) is 0 Å². The molecule has 18 heavy (non-hydrogen) atoms. The van der Waals surface area contributed by atoms with Crippen LogP contribution in [0.5, 0.6) is 0 Å². The number of nitrogens with zero attached hydrogens (tertiary/aromatic N) is 1. The third kappa shape index (κ3) is 2.56. The van der Waals surface area contributed by atoms with E-state index in [4.69, 9.17) is 12.2 Å². The van der Waals surface area contributed by atoms with Crippen molar-refractivity contribution in [3.05, 3.63) is 41.3 Å². The van der Waals surface area contributed by atoms with Crippen LogP contribution in [0.3, 0.4) is 0 Å². The lowest BCUT2D eigenvalue weighted by Crippen LogP contribution is -2.31. The summed E-state index contributed by atoms with van der Waals surface area (Å²) in [5.41, 5.74) is 1.19. The molecule has 2 rings (SSSR count). The van der Waals surface area contributed by atoms with E-state index in [1.54, 1.807) is 18.2 Å². The van der Waals surface area contributed by atoms with Crippen LogP contribution in [0.15, 0.2) is 30.0 Å². The lowest BCUT2D eigenvalue weighted by molar-refractivity contribution is -0.122. The molecule has 0 bridgehead atoms. The molecule has 0 saturated carbocycles. The zero-order valence-electron chi connectivity index (χ0n) is 9.94. The zero-order valence-corrected chi connectivity index (χ0v) is 10.8. The van der Waals surface area contributed by atoms with Crippen molar-refractivity contribution < 1.29 is 9.18 Å². The standard InChI is InChI=1S/C13H13FN2OS/c1-2-7-16-12(17)11(15-13(16)18)8-9-3-5-10(14)6-4-9/h3-6,8H,2,7H2,1H3,(H,15,18)/b11-8-. The summed E-state index contributed by atoms with van der Waals surface area (Å²) < 4.78 is 12.8. The average molecular weight is 264 g/mol. The van der Waals surface area contributed by atoms with Crippen LogP contribution in [-0.4, -0.2) is 22.5 Å². The first-order valence-corrected chi connectivity index (χ1v) is 6.12. The number of hydrogen-bond acceptors (Lipinski definition) is 2. The quantitative estimate of drug-likeness (QED) is 0.671. The van der Waals surface area contributed by atoms with Gasteiger partial charge in [0.1, 0.15) is 11.5 Å². The van der Waals surface area contributed by atoms with Crippen LogP contribution in [0.2, 0.25) is 0 Å². The molecule has 1 heterocycles. The van der Waals surface area contributed by atoms with E-state index in [1.165, 1.54) is 17.0 Å². The molecule has 5 heteroatoms. The molecule has 1 fully saturated rings. The minimum absolute atomic E-state index is 0.133. The molecule has 0 aromatic heterocycles. The summed E-state index contributed by atoms with van der Waals surface area (Å²) in [7, 11) is 0. The van der Waals surface area contributed by atoms with E-state index in [9.17, 15) is 9.18 Å². The van der Waals surface area contributed by atoms with Crippen molar-refractivity contribution in [3.8, 4) is 0 Å². The van der Waals surface area contributed by atoms with Crippen molar-refractivity contribution in [1.29, 1.82) is 0 Å². The molecule has 3 nitrogen and oxygen atoms in total. The van der Waals surface area contributed by atoms with Crippen molar-refractivity contribution in [3.63, 3.8) is 0 Å². The van der Waals surface area contributed by atoms with Crippen molar-refractivity contribution >= 4 is 29.3 Å². The Labute approximate surface area is 110 Å². The molecule has 0 radical (unpaired) electrons. The van der Waals surface area contributed by atoms with E-state index >= 15 is 0 Å². The molecule has 0 atom stereocenters. The highest BCUT2D eigenvalue weighted by molar-refractivity contribution is 7.80. The Kier molecular flexibility index (Phi) is 3.72. The Morgan fingerprint density at radius 2 is 2.06 bits per heavy atom. The number of carbonyl (C=O) groups is 1. The molecule has 0 unspecified atom stereocenters. The predicted molar refractivity (Wildman–Crippen MR) is 72.1 cm³/mol. The maximum absolute atomic E-state index is 12.8. The van der Waals surface area contributed by atoms with Crippen molar-refractivity contribution in [1.82, 2.24) is 10.2 Å². The largest absolute Gasteiger partial charge is 0.328 e. The van der Waals surface area contributed by atoms with Gasteiger partial charge in [0.25, 0.3) is 5.91 Å². The van der Waals surface area contributed by atoms with Gasteiger partial charge in [-0.2, -0.15) is 0 Å². The molecule has 1 N–H and O–H groups in total. The van der Waals surface area contributed by atoms with Crippen LogP contribution < -0.4 is 5.32 Å². The van der Waals surface area contributed by atoms with Crippen molar-refractivity contribution in [2.45, 2.75) is 13.3 Å². The normalized spacial score (nSPS) is 17.4. The Hall–Kier alpha value is -1.75. The Bertz CT molecular complexity index is 510. The highest BCUT2D eigenvalue weighted by atomic mass is 32.1. The summed E-state index contributed by atoms with van der Waals surface area (Å²) in [5, 5.41) is 3.30. The van der Waals surface area contributed by atoms with E-state index in [0.717, 1.165) is 12.0 Å². The van der Waals surface area contributed by atoms with Gasteiger partial charge in [-0.05, 0) is 42.4 Å².